The summed E-state index contributed by atoms with van der Waals surface area (Å²) >= 11 is 0. The number of carbonyl (C=O) groups excluding carboxylic acids is 1. The highest BCUT2D eigenvalue weighted by Crippen LogP contribution is 2.14. The number of alkyl carbamates (subject to hydrolysis) is 1. The van der Waals surface area contributed by atoms with Crippen molar-refractivity contribution in [1.29, 1.82) is 0 Å². The number of aromatic nitrogens is 4. The average molecular weight is 358 g/mol. The van der Waals surface area contributed by atoms with E-state index in [2.05, 4.69) is 20.3 Å². The first-order valence-electron chi connectivity index (χ1n) is 8.20. The number of nitrogen functional groups attached to an aromatic ring is 1. The standard InChI is InChI=1S/C17H19FN6O2/c18-13-6-2-1-5-12(13)9-20-17(25)26-8-4-3-7-24-11-23-14-15(19)21-10-22-16(14)24/h1-2,5-6,10-11H,3-4,7-9H2,(H,20,25)(H2,19,21,22). The quantitative estimate of drug-likeness (QED) is 0.627. The van der Waals surface area contributed by atoms with Gasteiger partial charge in [-0.25, -0.2) is 24.1 Å². The Morgan fingerprint density at radius 2 is 2.08 bits per heavy atom. The van der Waals surface area contributed by atoms with Crippen LogP contribution >= 0.6 is 0 Å². The number of hydrogen-bond donors (Lipinski definition) is 2. The van der Waals surface area contributed by atoms with Crippen molar-refractivity contribution in [2.24, 2.45) is 0 Å². The van der Waals surface area contributed by atoms with E-state index in [-0.39, 0.29) is 19.0 Å². The number of hydrogen-bond acceptors (Lipinski definition) is 6. The highest BCUT2D eigenvalue weighted by Gasteiger charge is 2.08. The number of imidazole rings is 1. The Balaban J connectivity index is 1.37. The molecule has 0 unspecified atom stereocenters. The molecule has 0 bridgehead atoms. The molecule has 26 heavy (non-hydrogen) atoms. The first-order chi connectivity index (χ1) is 12.6. The van der Waals surface area contributed by atoms with Crippen LogP contribution in [0.3, 0.4) is 0 Å². The van der Waals surface area contributed by atoms with E-state index >= 15 is 0 Å². The van der Waals surface area contributed by atoms with Gasteiger partial charge in [0.05, 0.1) is 12.9 Å². The van der Waals surface area contributed by atoms with Crippen molar-refractivity contribution in [2.45, 2.75) is 25.9 Å². The van der Waals surface area contributed by atoms with Crippen molar-refractivity contribution in [2.75, 3.05) is 12.3 Å². The van der Waals surface area contributed by atoms with Gasteiger partial charge in [-0.3, -0.25) is 0 Å². The monoisotopic (exact) mass is 358 g/mol. The molecule has 1 aromatic carbocycles. The Hall–Kier alpha value is -3.23. The average Bonchev–Trinajstić information content (AvgIpc) is 3.05. The molecular weight excluding hydrogens is 339 g/mol. The first-order valence-corrected chi connectivity index (χ1v) is 8.20. The molecule has 0 radical (unpaired) electrons. The number of halogens is 1. The van der Waals surface area contributed by atoms with Crippen molar-refractivity contribution >= 4 is 23.1 Å². The van der Waals surface area contributed by atoms with Gasteiger partial charge in [-0.05, 0) is 18.9 Å². The molecule has 0 saturated carbocycles. The van der Waals surface area contributed by atoms with Crippen molar-refractivity contribution in [3.8, 4) is 0 Å². The number of nitrogens with zero attached hydrogens (tertiary/aromatic N) is 4. The number of carbonyl (C=O) groups is 1. The first kappa shape index (κ1) is 17.6. The second-order valence-corrected chi connectivity index (χ2v) is 5.66. The van der Waals surface area contributed by atoms with Gasteiger partial charge in [0.25, 0.3) is 0 Å². The van der Waals surface area contributed by atoms with Crippen molar-refractivity contribution in [3.63, 3.8) is 0 Å². The number of rotatable bonds is 7. The molecule has 0 atom stereocenters. The molecule has 0 aliphatic heterocycles. The summed E-state index contributed by atoms with van der Waals surface area (Å²) < 4.78 is 20.4. The molecule has 8 nitrogen and oxygen atoms in total. The van der Waals surface area contributed by atoms with Gasteiger partial charge >= 0.3 is 6.09 Å². The summed E-state index contributed by atoms with van der Waals surface area (Å²) in [5.74, 6) is -0.00610. The third-order valence-corrected chi connectivity index (χ3v) is 3.84. The number of nitrogens with two attached hydrogens (primary N) is 1. The Kier molecular flexibility index (Phi) is 5.57. The van der Waals surface area contributed by atoms with Gasteiger partial charge in [0.1, 0.15) is 17.7 Å². The largest absolute Gasteiger partial charge is 0.450 e. The minimum absolute atomic E-state index is 0.0909. The van der Waals surface area contributed by atoms with Crippen LogP contribution in [-0.2, 0) is 17.8 Å². The number of anilines is 1. The zero-order chi connectivity index (χ0) is 18.4. The van der Waals surface area contributed by atoms with Gasteiger partial charge in [-0.1, -0.05) is 18.2 Å². The lowest BCUT2D eigenvalue weighted by atomic mass is 10.2. The Labute approximate surface area is 149 Å². The summed E-state index contributed by atoms with van der Waals surface area (Å²) in [6.07, 6.45) is 3.95. The van der Waals surface area contributed by atoms with Crippen molar-refractivity contribution in [1.82, 2.24) is 24.8 Å². The lowest BCUT2D eigenvalue weighted by Crippen LogP contribution is -2.24. The number of nitrogens with one attached hydrogen (secondary N) is 1. The zero-order valence-corrected chi connectivity index (χ0v) is 14.1. The fourth-order valence-corrected chi connectivity index (χ4v) is 2.47. The number of unbranched alkanes of at least 4 members (excludes halogenated alkanes) is 1. The van der Waals surface area contributed by atoms with Gasteiger partial charge in [-0.2, -0.15) is 0 Å². The molecule has 2 heterocycles. The number of fused-ring (bicyclic) bond motifs is 1. The maximum absolute atomic E-state index is 13.4. The van der Waals surface area contributed by atoms with E-state index < -0.39 is 6.09 Å². The number of amides is 1. The van der Waals surface area contributed by atoms with E-state index in [1.807, 2.05) is 4.57 Å². The molecule has 3 rings (SSSR count). The SMILES string of the molecule is Nc1ncnc2c1ncn2CCCCOC(=O)NCc1ccccc1F. The van der Waals surface area contributed by atoms with Gasteiger partial charge in [-0.15, -0.1) is 0 Å². The molecule has 1 amide bonds. The summed E-state index contributed by atoms with van der Waals surface area (Å²) in [7, 11) is 0. The number of aryl methyl sites for hydroxylation is 1. The van der Waals surface area contributed by atoms with E-state index in [4.69, 9.17) is 10.5 Å². The molecule has 0 spiro atoms. The van der Waals surface area contributed by atoms with Gasteiger partial charge in [0.15, 0.2) is 11.5 Å². The second-order valence-electron chi connectivity index (χ2n) is 5.66. The number of ether oxygens (including phenoxy) is 1. The maximum atomic E-state index is 13.4. The molecule has 3 N–H and O–H groups in total. The van der Waals surface area contributed by atoms with Gasteiger partial charge in [0, 0.05) is 18.7 Å². The lowest BCUT2D eigenvalue weighted by Gasteiger charge is -2.08. The molecule has 9 heteroatoms. The van der Waals surface area contributed by atoms with Crippen LogP contribution in [0.1, 0.15) is 18.4 Å². The predicted octanol–water partition coefficient (Wildman–Crippen LogP) is 2.25. The van der Waals surface area contributed by atoms with Crippen LogP contribution in [0, 0.1) is 5.82 Å². The van der Waals surface area contributed by atoms with E-state index in [0.717, 1.165) is 6.42 Å². The molecule has 2 aromatic heterocycles. The highest BCUT2D eigenvalue weighted by atomic mass is 19.1. The highest BCUT2D eigenvalue weighted by molar-refractivity contribution is 5.81. The van der Waals surface area contributed by atoms with Crippen LogP contribution in [0.4, 0.5) is 15.0 Å². The maximum Gasteiger partial charge on any atom is 0.407 e. The van der Waals surface area contributed by atoms with Crippen LogP contribution in [-0.4, -0.2) is 32.2 Å². The van der Waals surface area contributed by atoms with Gasteiger partial charge < -0.3 is 20.4 Å². The minimum Gasteiger partial charge on any atom is -0.450 e. The molecular formula is C17H19FN6O2. The lowest BCUT2D eigenvalue weighted by molar-refractivity contribution is 0.143. The van der Waals surface area contributed by atoms with Crippen molar-refractivity contribution < 1.29 is 13.9 Å². The summed E-state index contributed by atoms with van der Waals surface area (Å²) in [6.45, 7) is 1.04. The summed E-state index contributed by atoms with van der Waals surface area (Å²) in [5, 5.41) is 2.53. The molecule has 0 fully saturated rings. The minimum atomic E-state index is -0.568. The zero-order valence-electron chi connectivity index (χ0n) is 14.1. The molecule has 3 aromatic rings. The predicted molar refractivity (Wildman–Crippen MR) is 93.6 cm³/mol. The Bertz CT molecular complexity index is 898. The smallest absolute Gasteiger partial charge is 0.407 e. The van der Waals surface area contributed by atoms with E-state index in [9.17, 15) is 9.18 Å². The number of benzene rings is 1. The summed E-state index contributed by atoms with van der Waals surface area (Å²) in [6, 6.07) is 6.27. The van der Waals surface area contributed by atoms with E-state index in [1.165, 1.54) is 12.4 Å². The topological polar surface area (TPSA) is 108 Å². The molecule has 0 saturated heterocycles. The fraction of sp³-hybridized carbons (Fsp3) is 0.294. The fourth-order valence-electron chi connectivity index (χ4n) is 2.47. The molecule has 136 valence electrons. The Morgan fingerprint density at radius 1 is 1.23 bits per heavy atom. The third-order valence-electron chi connectivity index (χ3n) is 3.84. The summed E-state index contributed by atoms with van der Waals surface area (Å²) in [5.41, 5.74) is 7.42. The van der Waals surface area contributed by atoms with Crippen LogP contribution < -0.4 is 11.1 Å². The van der Waals surface area contributed by atoms with Crippen LogP contribution in [0.15, 0.2) is 36.9 Å². The third kappa shape index (κ3) is 4.24. The van der Waals surface area contributed by atoms with Crippen LogP contribution in [0.25, 0.3) is 11.2 Å². The molecule has 0 aliphatic carbocycles. The van der Waals surface area contributed by atoms with Crippen LogP contribution in [0.5, 0.6) is 0 Å². The molecule has 0 aliphatic rings. The van der Waals surface area contributed by atoms with Crippen LogP contribution in [0.2, 0.25) is 0 Å². The van der Waals surface area contributed by atoms with Crippen molar-refractivity contribution in [3.05, 3.63) is 48.3 Å². The van der Waals surface area contributed by atoms with E-state index in [0.29, 0.717) is 35.5 Å². The second kappa shape index (κ2) is 8.24. The Morgan fingerprint density at radius 3 is 2.92 bits per heavy atom. The summed E-state index contributed by atoms with van der Waals surface area (Å²) in [4.78, 5) is 23.9. The van der Waals surface area contributed by atoms with E-state index in [1.54, 1.807) is 24.5 Å². The van der Waals surface area contributed by atoms with Gasteiger partial charge in [0.2, 0.25) is 0 Å². The normalized spacial score (nSPS) is 10.8.